The molecule has 0 aromatic heterocycles. The van der Waals surface area contributed by atoms with Crippen LogP contribution in [0.4, 0.5) is 0 Å². The molecule has 5 aliphatic rings. The number of nitrogens with two attached hydrogens (primary N) is 1. The summed E-state index contributed by atoms with van der Waals surface area (Å²) in [6.45, 7) is 17.6. The molecule has 5 heterocycles. The van der Waals surface area contributed by atoms with Crippen molar-refractivity contribution in [1.82, 2.24) is 0 Å². The summed E-state index contributed by atoms with van der Waals surface area (Å²) in [4.78, 5) is 14.1. The van der Waals surface area contributed by atoms with E-state index in [1.165, 1.54) is 6.92 Å². The van der Waals surface area contributed by atoms with Gasteiger partial charge in [-0.2, -0.15) is 0 Å². The van der Waals surface area contributed by atoms with Gasteiger partial charge in [-0.25, -0.2) is 0 Å². The minimum absolute atomic E-state index is 0.0565. The zero-order valence-electron chi connectivity index (χ0n) is 31.7. The average Bonchev–Trinajstić information content (AvgIpc) is 3.83. The van der Waals surface area contributed by atoms with E-state index in [0.29, 0.717) is 19.4 Å². The predicted molar refractivity (Wildman–Crippen MR) is 182 cm³/mol. The summed E-state index contributed by atoms with van der Waals surface area (Å²) in [6, 6.07) is -0.655. The van der Waals surface area contributed by atoms with Gasteiger partial charge in [0, 0.05) is 30.2 Å². The highest BCUT2D eigenvalue weighted by Gasteiger charge is 2.75. The van der Waals surface area contributed by atoms with Gasteiger partial charge in [0.15, 0.2) is 12.6 Å². The number of aliphatic hydroxyl groups excluding tert-OH is 2. The summed E-state index contributed by atoms with van der Waals surface area (Å²) in [5, 5.41) is 60.4. The van der Waals surface area contributed by atoms with Crippen LogP contribution in [-0.2, 0) is 38.0 Å². The molecule has 5 rings (SSSR count). The smallest absolute Gasteiger partial charge is 0.311 e. The van der Waals surface area contributed by atoms with Crippen LogP contribution in [0.5, 0.6) is 0 Å². The predicted octanol–water partition coefficient (Wildman–Crippen LogP) is 1.60. The molecular weight excluding hydrogens is 668 g/mol. The van der Waals surface area contributed by atoms with Gasteiger partial charge in [-0.1, -0.05) is 32.9 Å². The van der Waals surface area contributed by atoms with Crippen LogP contribution in [0, 0.1) is 23.7 Å². The maximum absolute atomic E-state index is 14.1. The van der Waals surface area contributed by atoms with Crippen molar-refractivity contribution in [2.45, 2.75) is 185 Å². The Balaban J connectivity index is 1.57. The molecule has 5 saturated heterocycles. The Bertz CT molecular complexity index is 1280. The molecule has 15 nitrogen and oxygen atoms in total. The summed E-state index contributed by atoms with van der Waals surface area (Å²) >= 11 is 0. The number of ether oxygens (including phenoxy) is 7. The van der Waals surface area contributed by atoms with Gasteiger partial charge in [-0.05, 0) is 60.8 Å². The van der Waals surface area contributed by atoms with E-state index in [9.17, 15) is 30.4 Å². The molecule has 5 aliphatic heterocycles. The van der Waals surface area contributed by atoms with Crippen molar-refractivity contribution in [3.05, 3.63) is 0 Å². The minimum Gasteiger partial charge on any atom is -0.459 e. The molecule has 0 aromatic carbocycles. The first-order valence-corrected chi connectivity index (χ1v) is 18.6. The molecule has 51 heavy (non-hydrogen) atoms. The highest BCUT2D eigenvalue weighted by atomic mass is 16.7. The molecule has 0 radical (unpaired) electrons. The van der Waals surface area contributed by atoms with E-state index < -0.39 is 107 Å². The van der Waals surface area contributed by atoms with Crippen LogP contribution in [0.25, 0.3) is 0 Å². The zero-order chi connectivity index (χ0) is 38.0. The Hall–Kier alpha value is -1.50. The first-order valence-electron chi connectivity index (χ1n) is 18.6. The Kier molecular flexibility index (Phi) is 11.7. The van der Waals surface area contributed by atoms with Crippen LogP contribution >= 0.6 is 0 Å². The van der Waals surface area contributed by atoms with Crippen molar-refractivity contribution in [2.75, 3.05) is 6.61 Å². The molecule has 2 bridgehead atoms. The molecule has 5 fully saturated rings. The summed E-state index contributed by atoms with van der Waals surface area (Å²) in [6.07, 6.45) is -8.42. The molecule has 4 unspecified atom stereocenters. The number of nitrogens with zero attached hydrogens (tertiary/aromatic N) is 1. The number of hydrogen-bond donors (Lipinski definition) is 6. The number of carbonyl (C=O) groups excluding carboxylic acids is 1. The minimum atomic E-state index is -1.95. The van der Waals surface area contributed by atoms with E-state index in [2.05, 4.69) is 5.16 Å². The number of rotatable bonds is 5. The molecule has 7 N–H and O–H groups in total. The lowest BCUT2D eigenvalue weighted by atomic mass is 9.73. The highest BCUT2D eigenvalue weighted by Crippen LogP contribution is 2.58. The van der Waals surface area contributed by atoms with E-state index in [0.717, 1.165) is 0 Å². The zero-order valence-corrected chi connectivity index (χ0v) is 31.7. The Morgan fingerprint density at radius 2 is 1.63 bits per heavy atom. The quantitative estimate of drug-likeness (QED) is 0.102. The normalized spacial score (nSPS) is 55.0. The molecule has 0 amide bonds. The second-order valence-electron chi connectivity index (χ2n) is 16.7. The lowest BCUT2D eigenvalue weighted by molar-refractivity contribution is -0.303. The third-order valence-corrected chi connectivity index (χ3v) is 12.4. The summed E-state index contributed by atoms with van der Waals surface area (Å²) < 4.78 is 44.0. The van der Waals surface area contributed by atoms with Crippen molar-refractivity contribution < 1.29 is 63.6 Å². The molecule has 1 spiro atoms. The number of cyclic esters (lactones) is 1. The number of oxime groups is 1. The van der Waals surface area contributed by atoms with Crippen LogP contribution in [0.2, 0.25) is 0 Å². The SMILES string of the molecule is CC[C@H]1OC(=O)[C@H](C)[C@@H](O[C@H]2C[C@]3(C)OC(C)C(O2)[C@@]32CO2)[C@H](C)[C@@H](O[C@@H]2OC(C)CC(N)[C@@H]2O)[C@](C)(O)C[C@@H](C)/C(=N\O)[C@H](C)[C@@H](O)[C@]1(C)O. The second kappa shape index (κ2) is 14.6. The Morgan fingerprint density at radius 3 is 2.20 bits per heavy atom. The van der Waals surface area contributed by atoms with E-state index in [-0.39, 0.29) is 30.8 Å². The van der Waals surface area contributed by atoms with Crippen LogP contribution in [0.1, 0.15) is 94.9 Å². The van der Waals surface area contributed by atoms with Crippen molar-refractivity contribution >= 4 is 11.7 Å². The lowest BCUT2D eigenvalue weighted by Gasteiger charge is -2.47. The van der Waals surface area contributed by atoms with Gasteiger partial charge in [-0.15, -0.1) is 0 Å². The van der Waals surface area contributed by atoms with Gasteiger partial charge in [0.05, 0.1) is 54.4 Å². The first kappa shape index (κ1) is 40.7. The highest BCUT2D eigenvalue weighted by molar-refractivity contribution is 5.88. The number of carbonyl (C=O) groups is 1. The molecular formula is C36H62N2O13. The number of epoxide rings is 1. The molecule has 15 heteroatoms. The van der Waals surface area contributed by atoms with Gasteiger partial charge in [0.1, 0.15) is 35.1 Å². The van der Waals surface area contributed by atoms with E-state index in [1.54, 1.807) is 41.5 Å². The topological polar surface area (TPSA) is 225 Å². The standard InChI is InChI=1S/C36H62N2O13/c1-11-23-35(10,43)28(40)18(4)25(38-44)16(2)13-33(8,42)29(50-32-26(39)22(37)12-17(3)46-32)19(5)27(20(6)31(41)47-23)48-24-14-34(9)36(15-45-36)30(49-24)21(7)51-34/h16-24,26-30,32,39-40,42-44H,11-15,37H2,1-10H3/b38-25+/t16-,17?,18+,19+,20-,21?,22?,23-,24-,26+,27+,28-,29-,30?,32+,33-,34+,35-,36+/m1/s1. The molecule has 0 saturated carbocycles. The summed E-state index contributed by atoms with van der Waals surface area (Å²) in [7, 11) is 0. The van der Waals surface area contributed by atoms with Crippen molar-refractivity contribution in [3.63, 3.8) is 0 Å². The fourth-order valence-electron chi connectivity index (χ4n) is 9.41. The third-order valence-electron chi connectivity index (χ3n) is 12.4. The number of hydrogen-bond acceptors (Lipinski definition) is 15. The van der Waals surface area contributed by atoms with Crippen molar-refractivity contribution in [1.29, 1.82) is 0 Å². The summed E-state index contributed by atoms with van der Waals surface area (Å²) in [5.41, 5.74) is 1.39. The van der Waals surface area contributed by atoms with E-state index in [4.69, 9.17) is 38.9 Å². The van der Waals surface area contributed by atoms with Gasteiger partial charge in [0.25, 0.3) is 0 Å². The lowest BCUT2D eigenvalue weighted by Crippen LogP contribution is -2.60. The molecule has 0 aromatic rings. The van der Waals surface area contributed by atoms with Crippen LogP contribution in [0.3, 0.4) is 0 Å². The van der Waals surface area contributed by atoms with Gasteiger partial charge in [-0.3, -0.25) is 4.79 Å². The molecule has 0 aliphatic carbocycles. The van der Waals surface area contributed by atoms with Gasteiger partial charge in [0.2, 0.25) is 0 Å². The van der Waals surface area contributed by atoms with Crippen LogP contribution in [-0.4, -0.2) is 134 Å². The molecule has 294 valence electrons. The van der Waals surface area contributed by atoms with Gasteiger partial charge < -0.3 is 64.5 Å². The van der Waals surface area contributed by atoms with Crippen molar-refractivity contribution in [2.24, 2.45) is 34.6 Å². The van der Waals surface area contributed by atoms with Crippen LogP contribution in [0.15, 0.2) is 5.16 Å². The number of aliphatic hydroxyl groups is 4. The maximum Gasteiger partial charge on any atom is 0.311 e. The Labute approximate surface area is 301 Å². The first-order chi connectivity index (χ1) is 23.6. The van der Waals surface area contributed by atoms with Crippen molar-refractivity contribution in [3.8, 4) is 0 Å². The monoisotopic (exact) mass is 730 g/mol. The fraction of sp³-hybridized carbons (Fsp3) is 0.944. The summed E-state index contributed by atoms with van der Waals surface area (Å²) in [5.74, 6) is -4.12. The largest absolute Gasteiger partial charge is 0.459 e. The maximum atomic E-state index is 14.1. The second-order valence-corrected chi connectivity index (χ2v) is 16.7. The Morgan fingerprint density at radius 1 is 0.980 bits per heavy atom. The van der Waals surface area contributed by atoms with Crippen LogP contribution < -0.4 is 5.73 Å². The number of esters is 1. The average molecular weight is 731 g/mol. The van der Waals surface area contributed by atoms with E-state index in [1.807, 2.05) is 20.8 Å². The fourth-order valence-corrected chi connectivity index (χ4v) is 9.41. The van der Waals surface area contributed by atoms with Gasteiger partial charge >= 0.3 is 5.97 Å². The van der Waals surface area contributed by atoms with E-state index >= 15 is 0 Å². The molecule has 19 atom stereocenters. The third kappa shape index (κ3) is 7.34.